The Bertz CT molecular complexity index is 719. The van der Waals surface area contributed by atoms with Crippen molar-refractivity contribution in [3.8, 4) is 0 Å². The third kappa shape index (κ3) is 6.32. The predicted octanol–water partition coefficient (Wildman–Crippen LogP) is 3.37. The molecular weight excluding hydrogens is 390 g/mol. The van der Waals surface area contributed by atoms with Gasteiger partial charge in [0.25, 0.3) is 5.91 Å². The Hall–Kier alpha value is -1.54. The van der Waals surface area contributed by atoms with Crippen LogP contribution in [0.25, 0.3) is 0 Å². The van der Waals surface area contributed by atoms with Gasteiger partial charge in [-0.1, -0.05) is 6.07 Å². The van der Waals surface area contributed by atoms with Gasteiger partial charge >= 0.3 is 0 Å². The highest BCUT2D eigenvalue weighted by Gasteiger charge is 2.28. The van der Waals surface area contributed by atoms with Gasteiger partial charge in [0, 0.05) is 23.8 Å². The van der Waals surface area contributed by atoms with Crippen LogP contribution in [0.5, 0.6) is 0 Å². The number of carbonyl (C=O) groups excluding carboxylic acids is 2. The Morgan fingerprint density at radius 2 is 1.96 bits per heavy atom. The molecule has 2 amide bonds. The number of rotatable bonds is 8. The van der Waals surface area contributed by atoms with Crippen LogP contribution >= 0.6 is 35.5 Å². The third-order valence-electron chi connectivity index (χ3n) is 4.00. The van der Waals surface area contributed by atoms with Crippen molar-refractivity contribution in [3.63, 3.8) is 0 Å². The predicted molar refractivity (Wildman–Crippen MR) is 110 cm³/mol. The number of nitrogens with one attached hydrogen (secondary N) is 2. The van der Waals surface area contributed by atoms with E-state index in [0.29, 0.717) is 29.5 Å². The highest BCUT2D eigenvalue weighted by molar-refractivity contribution is 8.01. The largest absolute Gasteiger partial charge is 0.350 e. The summed E-state index contributed by atoms with van der Waals surface area (Å²) in [5, 5.41) is 7.69. The van der Waals surface area contributed by atoms with E-state index >= 15 is 0 Å². The minimum atomic E-state index is -0.137. The van der Waals surface area contributed by atoms with Gasteiger partial charge in [0.2, 0.25) is 5.91 Å². The maximum Gasteiger partial charge on any atom is 0.251 e. The molecule has 1 aliphatic rings. The number of hydrogen-bond donors (Lipinski definition) is 3. The van der Waals surface area contributed by atoms with Gasteiger partial charge in [-0.15, -0.1) is 35.5 Å². The first-order valence-corrected chi connectivity index (χ1v) is 10.1. The van der Waals surface area contributed by atoms with Gasteiger partial charge in [-0.3, -0.25) is 9.59 Å². The molecule has 1 aliphatic carbocycles. The summed E-state index contributed by atoms with van der Waals surface area (Å²) < 4.78 is 1.12. The van der Waals surface area contributed by atoms with Crippen molar-refractivity contribution in [1.29, 1.82) is 0 Å². The SMILES string of the molecule is Cl.NC(CNC(=O)c1ccc(NC(=O)CSc2cccs2)cc1)C1CC1. The summed E-state index contributed by atoms with van der Waals surface area (Å²) in [6.45, 7) is 0.502. The lowest BCUT2D eigenvalue weighted by atomic mass is 10.1. The number of thiophene rings is 1. The summed E-state index contributed by atoms with van der Waals surface area (Å²) in [4.78, 5) is 24.1. The number of halogens is 1. The van der Waals surface area contributed by atoms with Gasteiger partial charge in [-0.05, 0) is 54.5 Å². The molecule has 1 fully saturated rings. The maximum atomic E-state index is 12.1. The zero-order chi connectivity index (χ0) is 17.6. The van der Waals surface area contributed by atoms with Crippen molar-refractivity contribution < 1.29 is 9.59 Å². The van der Waals surface area contributed by atoms with Crippen LogP contribution in [-0.2, 0) is 4.79 Å². The van der Waals surface area contributed by atoms with Crippen LogP contribution in [0.3, 0.4) is 0 Å². The summed E-state index contributed by atoms with van der Waals surface area (Å²) in [5.41, 5.74) is 7.23. The molecule has 26 heavy (non-hydrogen) atoms. The van der Waals surface area contributed by atoms with Gasteiger partial charge in [-0.2, -0.15) is 0 Å². The van der Waals surface area contributed by atoms with E-state index in [1.165, 1.54) is 11.8 Å². The molecule has 1 aromatic heterocycles. The van der Waals surface area contributed by atoms with E-state index in [9.17, 15) is 9.59 Å². The molecule has 0 spiro atoms. The second-order valence-corrected chi connectivity index (χ2v) is 8.28. The minimum absolute atomic E-state index is 0. The van der Waals surface area contributed by atoms with Crippen molar-refractivity contribution >= 4 is 53.0 Å². The molecule has 1 saturated carbocycles. The lowest BCUT2D eigenvalue weighted by Crippen LogP contribution is -2.38. The zero-order valence-electron chi connectivity index (χ0n) is 14.1. The molecule has 5 nitrogen and oxygen atoms in total. The first-order chi connectivity index (χ1) is 12.1. The number of amides is 2. The van der Waals surface area contributed by atoms with Crippen LogP contribution in [-0.4, -0.2) is 30.2 Å². The molecule has 0 saturated heterocycles. The van der Waals surface area contributed by atoms with E-state index in [-0.39, 0.29) is 30.3 Å². The number of thioether (sulfide) groups is 1. The molecule has 0 aliphatic heterocycles. The smallest absolute Gasteiger partial charge is 0.251 e. The van der Waals surface area contributed by atoms with Gasteiger partial charge in [-0.25, -0.2) is 0 Å². The fourth-order valence-corrected chi connectivity index (χ4v) is 3.97. The molecule has 1 heterocycles. The highest BCUT2D eigenvalue weighted by atomic mass is 35.5. The van der Waals surface area contributed by atoms with Gasteiger partial charge in [0.05, 0.1) is 9.96 Å². The average molecular weight is 412 g/mol. The molecule has 1 aromatic carbocycles. The minimum Gasteiger partial charge on any atom is -0.350 e. The molecule has 3 rings (SSSR count). The van der Waals surface area contributed by atoms with Gasteiger partial charge in [0.15, 0.2) is 0 Å². The number of carbonyl (C=O) groups is 2. The number of hydrogen-bond acceptors (Lipinski definition) is 5. The zero-order valence-corrected chi connectivity index (χ0v) is 16.6. The molecule has 0 bridgehead atoms. The van der Waals surface area contributed by atoms with Crippen molar-refractivity contribution in [2.45, 2.75) is 23.1 Å². The fraction of sp³-hybridized carbons (Fsp3) is 0.333. The summed E-state index contributed by atoms with van der Waals surface area (Å²) in [6, 6.07) is 10.9. The molecule has 2 aromatic rings. The van der Waals surface area contributed by atoms with Crippen LogP contribution in [0.4, 0.5) is 5.69 Å². The standard InChI is InChI=1S/C18H21N3O2S2.ClH/c19-15(12-3-4-12)10-20-18(23)13-5-7-14(8-6-13)21-16(22)11-25-17-2-1-9-24-17;/h1-2,5-9,12,15H,3-4,10-11,19H2,(H,20,23)(H,21,22);1H. The molecule has 1 atom stereocenters. The van der Waals surface area contributed by atoms with Crippen LogP contribution in [0.2, 0.25) is 0 Å². The van der Waals surface area contributed by atoms with Crippen molar-refractivity contribution in [2.24, 2.45) is 11.7 Å². The summed E-state index contributed by atoms with van der Waals surface area (Å²) in [7, 11) is 0. The Morgan fingerprint density at radius 1 is 1.23 bits per heavy atom. The van der Waals surface area contributed by atoms with Crippen molar-refractivity contribution in [2.75, 3.05) is 17.6 Å². The highest BCUT2D eigenvalue weighted by Crippen LogP contribution is 2.31. The molecular formula is C18H22ClN3O2S2. The van der Waals surface area contributed by atoms with E-state index < -0.39 is 0 Å². The Kier molecular flexibility index (Phi) is 7.96. The van der Waals surface area contributed by atoms with Crippen LogP contribution in [0.15, 0.2) is 46.0 Å². The number of anilines is 1. The lowest BCUT2D eigenvalue weighted by Gasteiger charge is -2.12. The fourth-order valence-electron chi connectivity index (χ4n) is 2.39. The van der Waals surface area contributed by atoms with Crippen LogP contribution in [0.1, 0.15) is 23.2 Å². The van der Waals surface area contributed by atoms with Crippen molar-refractivity contribution in [3.05, 3.63) is 47.3 Å². The Morgan fingerprint density at radius 3 is 2.58 bits per heavy atom. The third-order valence-corrected chi connectivity index (χ3v) is 6.13. The second kappa shape index (κ2) is 9.97. The monoisotopic (exact) mass is 411 g/mol. The van der Waals surface area contributed by atoms with Gasteiger partial charge < -0.3 is 16.4 Å². The molecule has 0 radical (unpaired) electrons. The molecule has 140 valence electrons. The lowest BCUT2D eigenvalue weighted by molar-refractivity contribution is -0.113. The van der Waals surface area contributed by atoms with E-state index in [1.54, 1.807) is 35.6 Å². The topological polar surface area (TPSA) is 84.2 Å². The first kappa shape index (κ1) is 20.8. The van der Waals surface area contributed by atoms with E-state index in [1.807, 2.05) is 17.5 Å². The second-order valence-electron chi connectivity index (χ2n) is 6.06. The van der Waals surface area contributed by atoms with Gasteiger partial charge in [0.1, 0.15) is 0 Å². The van der Waals surface area contributed by atoms with Crippen LogP contribution in [0, 0.1) is 5.92 Å². The number of benzene rings is 1. The maximum absolute atomic E-state index is 12.1. The first-order valence-electron chi connectivity index (χ1n) is 8.22. The summed E-state index contributed by atoms with van der Waals surface area (Å²) >= 11 is 3.13. The quantitative estimate of drug-likeness (QED) is 0.581. The molecule has 4 N–H and O–H groups in total. The number of nitrogens with two attached hydrogens (primary N) is 1. The molecule has 8 heteroatoms. The van der Waals surface area contributed by atoms with E-state index in [0.717, 1.165) is 17.1 Å². The molecule has 1 unspecified atom stereocenters. The normalized spacial score (nSPS) is 14.2. The van der Waals surface area contributed by atoms with Crippen LogP contribution < -0.4 is 16.4 Å². The Labute approximate surface area is 167 Å². The summed E-state index contributed by atoms with van der Waals surface area (Å²) in [5.74, 6) is 0.722. The summed E-state index contributed by atoms with van der Waals surface area (Å²) in [6.07, 6.45) is 2.33. The average Bonchev–Trinajstić information content (AvgIpc) is 3.34. The Balaban J connectivity index is 0.00000243. The van der Waals surface area contributed by atoms with E-state index in [2.05, 4.69) is 10.6 Å². The van der Waals surface area contributed by atoms with E-state index in [4.69, 9.17) is 5.73 Å². The van der Waals surface area contributed by atoms with Crippen molar-refractivity contribution in [1.82, 2.24) is 5.32 Å².